The molecule has 1 heterocycles. The summed E-state index contributed by atoms with van der Waals surface area (Å²) >= 11 is 0. The number of benzene rings is 2. The monoisotopic (exact) mass is 502 g/mol. The van der Waals surface area contributed by atoms with Gasteiger partial charge in [0.1, 0.15) is 10.6 Å². The van der Waals surface area contributed by atoms with E-state index in [-0.39, 0.29) is 23.2 Å². The van der Waals surface area contributed by atoms with Crippen LogP contribution in [0, 0.1) is 0 Å². The minimum Gasteiger partial charge on any atom is -0.395 e. The van der Waals surface area contributed by atoms with Crippen molar-refractivity contribution in [1.29, 1.82) is 0 Å². The number of hydrogen-bond acceptors (Lipinski definition) is 8. The first-order chi connectivity index (χ1) is 16.9. The number of aliphatic hydroxyl groups excluding tert-OH is 1. The third kappa shape index (κ3) is 6.84. The summed E-state index contributed by atoms with van der Waals surface area (Å²) in [5, 5.41) is 20.3. The van der Waals surface area contributed by atoms with Gasteiger partial charge >= 0.3 is 16.1 Å². The molecule has 0 aliphatic heterocycles. The number of nitrogens with zero attached hydrogens (tertiary/aromatic N) is 1. The Morgan fingerprint density at radius 2 is 1.86 bits per heavy atom. The molecule has 4 rings (SSSR count). The van der Waals surface area contributed by atoms with Crippen LogP contribution in [-0.4, -0.2) is 61.8 Å². The molecule has 0 spiro atoms. The number of urea groups is 1. The molecule has 35 heavy (non-hydrogen) atoms. The summed E-state index contributed by atoms with van der Waals surface area (Å²) in [6.45, 7) is 1.38. The minimum absolute atomic E-state index is 0.0301. The van der Waals surface area contributed by atoms with E-state index in [1.54, 1.807) is 18.2 Å². The lowest BCUT2D eigenvalue weighted by Crippen LogP contribution is -2.35. The molecule has 1 aromatic heterocycles. The van der Waals surface area contributed by atoms with Crippen LogP contribution in [-0.2, 0) is 10.1 Å². The number of imidazole rings is 1. The molecule has 6 N–H and O–H groups in total. The quantitative estimate of drug-likeness (QED) is 0.172. The maximum Gasteiger partial charge on any atom is 0.339 e. The van der Waals surface area contributed by atoms with Crippen LogP contribution in [0.2, 0.25) is 0 Å². The van der Waals surface area contributed by atoms with Gasteiger partial charge in [0, 0.05) is 37.4 Å². The standard InChI is InChI=1S/C23H30N6O5S/c30-14-13-24-11-12-25-23(31)29-22-27-20-10-7-18(15-21(20)28-22)34-35(32,33)19-8-5-17(6-9-19)26-16-3-1-2-4-16/h5-10,15-16,24,26,30H,1-4,11-14H2,(H3,25,27,28,29,31). The van der Waals surface area contributed by atoms with Gasteiger partial charge in [-0.05, 0) is 49.2 Å². The van der Waals surface area contributed by atoms with E-state index in [9.17, 15) is 13.2 Å². The second kappa shape index (κ2) is 11.4. The Morgan fingerprint density at radius 3 is 2.60 bits per heavy atom. The Hall–Kier alpha value is -3.35. The van der Waals surface area contributed by atoms with Crippen molar-refractivity contribution in [2.75, 3.05) is 36.9 Å². The highest BCUT2D eigenvalue weighted by molar-refractivity contribution is 7.87. The third-order valence-electron chi connectivity index (χ3n) is 5.64. The molecule has 1 saturated carbocycles. The van der Waals surface area contributed by atoms with E-state index in [2.05, 4.69) is 31.2 Å². The van der Waals surface area contributed by atoms with E-state index in [1.807, 2.05) is 0 Å². The second-order valence-corrected chi connectivity index (χ2v) is 9.85. The smallest absolute Gasteiger partial charge is 0.339 e. The zero-order valence-electron chi connectivity index (χ0n) is 19.2. The minimum atomic E-state index is -4.02. The van der Waals surface area contributed by atoms with Crippen molar-refractivity contribution < 1.29 is 22.5 Å². The molecule has 0 bridgehead atoms. The number of carbonyl (C=O) groups is 1. The molecule has 0 atom stereocenters. The van der Waals surface area contributed by atoms with Crippen molar-refractivity contribution in [2.24, 2.45) is 0 Å². The van der Waals surface area contributed by atoms with Crippen molar-refractivity contribution in [3.05, 3.63) is 42.5 Å². The summed E-state index contributed by atoms with van der Waals surface area (Å²) < 4.78 is 30.8. The molecule has 2 amide bonds. The average molecular weight is 503 g/mol. The highest BCUT2D eigenvalue weighted by atomic mass is 32.2. The van der Waals surface area contributed by atoms with E-state index >= 15 is 0 Å². The van der Waals surface area contributed by atoms with Crippen molar-refractivity contribution >= 4 is 38.8 Å². The van der Waals surface area contributed by atoms with Gasteiger partial charge in [0.2, 0.25) is 5.95 Å². The van der Waals surface area contributed by atoms with Crippen LogP contribution in [0.15, 0.2) is 47.4 Å². The maximum absolute atomic E-state index is 12.8. The highest BCUT2D eigenvalue weighted by Gasteiger charge is 2.19. The number of rotatable bonds is 11. The molecule has 11 nitrogen and oxygen atoms in total. The van der Waals surface area contributed by atoms with Crippen molar-refractivity contribution in [1.82, 2.24) is 20.6 Å². The fourth-order valence-corrected chi connectivity index (χ4v) is 4.84. The summed E-state index contributed by atoms with van der Waals surface area (Å²) in [6.07, 6.45) is 4.69. The average Bonchev–Trinajstić information content (AvgIpc) is 3.48. The van der Waals surface area contributed by atoms with Crippen molar-refractivity contribution in [3.63, 3.8) is 0 Å². The maximum atomic E-state index is 12.8. The number of nitrogens with one attached hydrogen (secondary N) is 5. The number of aromatic nitrogens is 2. The van der Waals surface area contributed by atoms with E-state index in [0.29, 0.717) is 36.7 Å². The Morgan fingerprint density at radius 1 is 1.09 bits per heavy atom. The molecule has 1 aliphatic rings. The summed E-state index contributed by atoms with van der Waals surface area (Å²) in [5.41, 5.74) is 1.94. The van der Waals surface area contributed by atoms with E-state index < -0.39 is 16.1 Å². The summed E-state index contributed by atoms with van der Waals surface area (Å²) in [6, 6.07) is 11.2. The first-order valence-electron chi connectivity index (χ1n) is 11.6. The normalized spacial score (nSPS) is 14.2. The number of fused-ring (bicyclic) bond motifs is 1. The largest absolute Gasteiger partial charge is 0.395 e. The Balaban J connectivity index is 1.35. The second-order valence-electron chi connectivity index (χ2n) is 8.31. The first-order valence-corrected chi connectivity index (χ1v) is 13.0. The van der Waals surface area contributed by atoms with Gasteiger partial charge in [0.05, 0.1) is 17.6 Å². The first kappa shape index (κ1) is 24.8. The fourth-order valence-electron chi connectivity index (χ4n) is 3.92. The van der Waals surface area contributed by atoms with Crippen molar-refractivity contribution in [2.45, 2.75) is 36.6 Å². The number of aromatic amines is 1. The number of amides is 2. The van der Waals surface area contributed by atoms with Crippen LogP contribution in [0.3, 0.4) is 0 Å². The Kier molecular flexibility index (Phi) is 8.06. The van der Waals surface area contributed by atoms with Crippen LogP contribution in [0.5, 0.6) is 5.75 Å². The van der Waals surface area contributed by atoms with Gasteiger partial charge in [-0.15, -0.1) is 0 Å². The predicted octanol–water partition coefficient (Wildman–Crippen LogP) is 2.39. The van der Waals surface area contributed by atoms with Gasteiger partial charge in [-0.25, -0.2) is 9.78 Å². The van der Waals surface area contributed by atoms with Crippen LogP contribution in [0.4, 0.5) is 16.4 Å². The van der Waals surface area contributed by atoms with Crippen LogP contribution < -0.4 is 25.5 Å². The highest BCUT2D eigenvalue weighted by Crippen LogP contribution is 2.26. The van der Waals surface area contributed by atoms with E-state index in [1.165, 1.54) is 37.1 Å². The zero-order valence-corrected chi connectivity index (χ0v) is 20.0. The topological polar surface area (TPSA) is 157 Å². The SMILES string of the molecule is O=C(NCCNCCO)Nc1nc2cc(OS(=O)(=O)c3ccc(NC4CCCC4)cc3)ccc2[nH]1. The summed E-state index contributed by atoms with van der Waals surface area (Å²) in [4.78, 5) is 19.3. The molecule has 3 aromatic rings. The summed E-state index contributed by atoms with van der Waals surface area (Å²) in [5.74, 6) is 0.328. The number of hydrogen-bond donors (Lipinski definition) is 6. The van der Waals surface area contributed by atoms with E-state index in [4.69, 9.17) is 9.29 Å². The van der Waals surface area contributed by atoms with Crippen LogP contribution in [0.25, 0.3) is 11.0 Å². The molecule has 0 radical (unpaired) electrons. The lowest BCUT2D eigenvalue weighted by Gasteiger charge is -2.14. The van der Waals surface area contributed by atoms with Crippen molar-refractivity contribution in [3.8, 4) is 5.75 Å². The molecular weight excluding hydrogens is 472 g/mol. The Bertz CT molecular complexity index is 1240. The van der Waals surface area contributed by atoms with Crippen LogP contribution >= 0.6 is 0 Å². The zero-order chi connectivity index (χ0) is 24.7. The predicted molar refractivity (Wildman–Crippen MR) is 133 cm³/mol. The van der Waals surface area contributed by atoms with Gasteiger partial charge in [0.15, 0.2) is 0 Å². The van der Waals surface area contributed by atoms with Gasteiger partial charge in [0.25, 0.3) is 0 Å². The number of aliphatic hydroxyl groups is 1. The molecule has 0 unspecified atom stereocenters. The fraction of sp³-hybridized carbons (Fsp3) is 0.391. The molecule has 0 saturated heterocycles. The number of carbonyl (C=O) groups excluding carboxylic acids is 1. The molecule has 12 heteroatoms. The molecule has 2 aromatic carbocycles. The van der Waals surface area contributed by atoms with E-state index in [0.717, 1.165) is 18.5 Å². The lowest BCUT2D eigenvalue weighted by molar-refractivity contribution is 0.251. The van der Waals surface area contributed by atoms with Crippen LogP contribution in [0.1, 0.15) is 25.7 Å². The molecule has 188 valence electrons. The summed E-state index contributed by atoms with van der Waals surface area (Å²) in [7, 11) is -4.02. The van der Waals surface area contributed by atoms with Gasteiger partial charge in [-0.3, -0.25) is 5.32 Å². The van der Waals surface area contributed by atoms with Gasteiger partial charge < -0.3 is 30.2 Å². The molecule has 1 fully saturated rings. The number of H-pyrrole nitrogens is 1. The van der Waals surface area contributed by atoms with Gasteiger partial charge in [-0.1, -0.05) is 12.8 Å². The number of anilines is 2. The molecule has 1 aliphatic carbocycles. The van der Waals surface area contributed by atoms with Gasteiger partial charge in [-0.2, -0.15) is 8.42 Å². The molecular formula is C23H30N6O5S. The third-order valence-corrected chi connectivity index (χ3v) is 6.90. The Labute approximate surface area is 203 Å². The lowest BCUT2D eigenvalue weighted by atomic mass is 10.2.